The Bertz CT molecular complexity index is 3000. The van der Waals surface area contributed by atoms with Crippen LogP contribution in [0.3, 0.4) is 0 Å². The van der Waals surface area contributed by atoms with Gasteiger partial charge in [-0.3, -0.25) is 9.11 Å². The van der Waals surface area contributed by atoms with Crippen LogP contribution in [0, 0.1) is 0 Å². The van der Waals surface area contributed by atoms with Crippen LogP contribution in [-0.2, 0) is 40.5 Å². The predicted molar refractivity (Wildman–Crippen MR) is 193 cm³/mol. The van der Waals surface area contributed by atoms with Crippen molar-refractivity contribution in [1.82, 2.24) is 0 Å². The standard InChI is InChI=1S/C32H20Cl2N4O14S4.4Na/c33-25-13-17(35-37-29-21-7-3-19(53(41,42)43)9-15(21)11-27(31(29)39)55(47,48)49)1-5-23(25)24-6-2-18(14-26(24)34)36-38-30-22-8-4-20(54(44,45)46)10-16(22)12-28(32(30)40)56(50,51)52;;;;/h1-14,39-40H,(H,41,42,43)(H,44,45,46)(H,47,48,49)(H,50,51,52);;;;/q;4*+1/p-4. The van der Waals surface area contributed by atoms with Gasteiger partial charge >= 0.3 is 118 Å². The van der Waals surface area contributed by atoms with Crippen molar-refractivity contribution in [3.63, 3.8) is 0 Å². The van der Waals surface area contributed by atoms with Crippen LogP contribution < -0.4 is 128 Å². The van der Waals surface area contributed by atoms with E-state index in [2.05, 4.69) is 20.5 Å². The van der Waals surface area contributed by atoms with E-state index in [0.29, 0.717) is 23.3 Å². The van der Waals surface area contributed by atoms with Crippen molar-refractivity contribution in [3.05, 3.63) is 95.0 Å². The van der Waals surface area contributed by atoms with E-state index < -0.39 is 82.9 Å². The molecule has 0 aromatic heterocycles. The van der Waals surface area contributed by atoms with Gasteiger partial charge in [0, 0.05) is 21.9 Å². The Labute approximate surface area is 439 Å². The maximum Gasteiger partial charge on any atom is 1.00 e. The van der Waals surface area contributed by atoms with E-state index in [4.69, 9.17) is 23.2 Å². The molecule has 0 saturated carbocycles. The number of nitrogens with zero attached hydrogens (tertiary/aromatic N) is 4. The summed E-state index contributed by atoms with van der Waals surface area (Å²) in [5.41, 5.74) is -0.522. The van der Waals surface area contributed by atoms with Gasteiger partial charge in [0.1, 0.15) is 20.2 Å². The summed E-state index contributed by atoms with van der Waals surface area (Å²) in [6.07, 6.45) is 0. The molecule has 0 amide bonds. The molecule has 18 nitrogen and oxygen atoms in total. The van der Waals surface area contributed by atoms with Crippen LogP contribution in [0.1, 0.15) is 0 Å². The van der Waals surface area contributed by atoms with Gasteiger partial charge < -0.3 is 19.3 Å². The third-order valence-corrected chi connectivity index (χ3v) is 11.9. The zero-order chi connectivity index (χ0) is 41.1. The average molecular weight is 972 g/mol. The first kappa shape index (κ1) is 55.0. The number of halogens is 2. The third-order valence-electron chi connectivity index (χ3n) is 7.87. The summed E-state index contributed by atoms with van der Waals surface area (Å²) in [7, 11) is -20.2. The number of fused-ring (bicyclic) bond motifs is 2. The molecule has 0 unspecified atom stereocenters. The van der Waals surface area contributed by atoms with Gasteiger partial charge in [-0.25, -0.2) is 16.8 Å². The molecule has 0 spiro atoms. The Kier molecular flexibility index (Phi) is 19.1. The number of hydrogen-bond acceptors (Lipinski definition) is 16. The fourth-order valence-electron chi connectivity index (χ4n) is 5.32. The molecule has 0 heterocycles. The predicted octanol–water partition coefficient (Wildman–Crippen LogP) is -5.74. The molecule has 0 fully saturated rings. The van der Waals surface area contributed by atoms with Crippen LogP contribution in [0.5, 0.6) is 11.5 Å². The molecule has 290 valence electrons. The molecule has 0 aliphatic carbocycles. The molecule has 6 aromatic carbocycles. The molecule has 0 bridgehead atoms. The van der Waals surface area contributed by atoms with Crippen molar-refractivity contribution in [2.75, 3.05) is 0 Å². The maximum atomic E-state index is 13.0. The summed E-state index contributed by atoms with van der Waals surface area (Å²) in [6, 6.07) is 15.1. The van der Waals surface area contributed by atoms with Gasteiger partial charge in [-0.1, -0.05) is 59.0 Å². The molecule has 0 aliphatic rings. The van der Waals surface area contributed by atoms with Crippen molar-refractivity contribution in [1.29, 1.82) is 0 Å². The van der Waals surface area contributed by atoms with Gasteiger partial charge in [0.05, 0.1) is 52.4 Å². The van der Waals surface area contributed by atoms with Gasteiger partial charge in [0.25, 0.3) is 20.2 Å². The molecule has 0 radical (unpaired) electrons. The first-order valence-electron chi connectivity index (χ1n) is 14.8. The van der Waals surface area contributed by atoms with Crippen LogP contribution in [0.4, 0.5) is 22.7 Å². The van der Waals surface area contributed by atoms with Crippen molar-refractivity contribution in [2.24, 2.45) is 20.5 Å². The van der Waals surface area contributed by atoms with Crippen LogP contribution in [0.2, 0.25) is 10.0 Å². The first-order chi connectivity index (χ1) is 25.9. The summed E-state index contributed by atoms with van der Waals surface area (Å²) < 4.78 is 136. The van der Waals surface area contributed by atoms with Crippen molar-refractivity contribution in [2.45, 2.75) is 19.6 Å². The molecule has 2 N–H and O–H groups in total. The smallest absolute Gasteiger partial charge is 0.870 e. The molecule has 0 atom stereocenters. The summed E-state index contributed by atoms with van der Waals surface area (Å²) in [4.78, 5) is -3.77. The SMILES string of the molecule is O=S(=O)([O-])c1ccc2c(N=Nc3ccc(-c4ccc(N=Nc5c([O-])c(S(=O)(=O)O)cc6cc(S(=O)(=O)[O-])ccc56)cc4Cl)c(Cl)c3)c([O-])c(S(=O)(=O)O)cc2c1.[Na+].[Na+].[Na+].[Na+]. The third kappa shape index (κ3) is 12.1. The second kappa shape index (κ2) is 20.8. The summed E-state index contributed by atoms with van der Waals surface area (Å²) in [6.45, 7) is 0. The van der Waals surface area contributed by atoms with Crippen LogP contribution >= 0.6 is 23.2 Å². The molecule has 6 aromatic rings. The van der Waals surface area contributed by atoms with Gasteiger partial charge in [0.15, 0.2) is 0 Å². The molecule has 6 rings (SSSR count). The Hall–Kier alpha value is -1.14. The normalized spacial score (nSPS) is 12.2. The van der Waals surface area contributed by atoms with Gasteiger partial charge in [0.2, 0.25) is 0 Å². The Morgan fingerprint density at radius 1 is 0.467 bits per heavy atom. The number of azo groups is 2. The minimum atomic E-state index is -5.13. The van der Waals surface area contributed by atoms with E-state index >= 15 is 0 Å². The van der Waals surface area contributed by atoms with Gasteiger partial charge in [-0.15, -0.1) is 0 Å². The Morgan fingerprint density at radius 3 is 1.08 bits per heavy atom. The van der Waals surface area contributed by atoms with Crippen molar-refractivity contribution >= 4 is 108 Å². The zero-order valence-corrected chi connectivity index (χ0v) is 43.8. The molecule has 0 saturated heterocycles. The number of benzene rings is 6. The van der Waals surface area contributed by atoms with Gasteiger partial charge in [-0.05, 0) is 71.4 Å². The fraction of sp³-hybridized carbons (Fsp3) is 0. The average Bonchev–Trinajstić information content (AvgIpc) is 3.08. The van der Waals surface area contributed by atoms with E-state index in [-0.39, 0.29) is 161 Å². The summed E-state index contributed by atoms with van der Waals surface area (Å²) in [5, 5.41) is 41.0. The monoisotopic (exact) mass is 970 g/mol. The quantitative estimate of drug-likeness (QED) is 0.0776. The number of hydrogen-bond donors (Lipinski definition) is 2. The fourth-order valence-corrected chi connectivity index (χ4v) is 8.10. The topological polar surface area (TPSA) is 319 Å². The Morgan fingerprint density at radius 2 is 0.800 bits per heavy atom. The van der Waals surface area contributed by atoms with E-state index in [1.54, 1.807) is 0 Å². The molecule has 0 aliphatic heterocycles. The van der Waals surface area contributed by atoms with E-state index in [1.165, 1.54) is 36.4 Å². The minimum absolute atomic E-state index is 0. The van der Waals surface area contributed by atoms with Crippen LogP contribution in [-0.4, -0.2) is 51.9 Å². The zero-order valence-electron chi connectivity index (χ0n) is 31.1. The second-order valence-corrected chi connectivity index (χ2v) is 17.8. The van der Waals surface area contributed by atoms with E-state index in [9.17, 15) is 62.1 Å². The van der Waals surface area contributed by atoms with Crippen LogP contribution in [0.25, 0.3) is 32.7 Å². The molecular formula is C32H16Cl2N4Na4O14S4. The van der Waals surface area contributed by atoms with Crippen LogP contribution in [0.15, 0.2) is 125 Å². The number of rotatable bonds is 9. The summed E-state index contributed by atoms with van der Waals surface area (Å²) >= 11 is 13.0. The Balaban J connectivity index is 0.00000310. The van der Waals surface area contributed by atoms with E-state index in [1.807, 2.05) is 0 Å². The minimum Gasteiger partial charge on any atom is -0.870 e. The van der Waals surface area contributed by atoms with Crippen molar-refractivity contribution in [3.8, 4) is 22.6 Å². The molecule has 28 heteroatoms. The first-order valence-corrected chi connectivity index (χ1v) is 21.2. The maximum absolute atomic E-state index is 13.0. The summed E-state index contributed by atoms with van der Waals surface area (Å²) in [5.74, 6) is -2.55. The van der Waals surface area contributed by atoms with Crippen molar-refractivity contribution < 1.29 is 180 Å². The molecule has 60 heavy (non-hydrogen) atoms. The van der Waals surface area contributed by atoms with E-state index in [0.717, 1.165) is 36.4 Å². The molecular weight excluding hydrogens is 956 g/mol. The second-order valence-electron chi connectivity index (χ2n) is 11.5. The van der Waals surface area contributed by atoms with Gasteiger partial charge in [-0.2, -0.15) is 37.3 Å². The largest absolute Gasteiger partial charge is 1.00 e.